The summed E-state index contributed by atoms with van der Waals surface area (Å²) in [6, 6.07) is 8.45. The minimum Gasteiger partial charge on any atom is -0.490 e. The van der Waals surface area contributed by atoms with Gasteiger partial charge in [0.25, 0.3) is 0 Å². The normalized spacial score (nSPS) is 40.2. The highest BCUT2D eigenvalue weighted by molar-refractivity contribution is 5.37. The number of nitrogens with two attached hydrogens (primary N) is 1. The summed E-state index contributed by atoms with van der Waals surface area (Å²) in [5, 5.41) is 0. The standard InChI is InChI=1S/C16H21NO/c17-10-16(7-12-5-13(12)8-16)9-14-6-11-3-1-2-4-15(11)18-14/h1-4,12-14H,5-10,17H2. The lowest BCUT2D eigenvalue weighted by Gasteiger charge is -2.31. The number of hydrogen-bond acceptors (Lipinski definition) is 2. The molecule has 1 aromatic rings. The van der Waals surface area contributed by atoms with E-state index in [1.54, 1.807) is 0 Å². The Bertz CT molecular complexity index is 435. The molecule has 1 aliphatic heterocycles. The number of hydrogen-bond donors (Lipinski definition) is 1. The minimum absolute atomic E-state index is 0.364. The molecule has 0 saturated heterocycles. The molecule has 2 fully saturated rings. The fourth-order valence-electron chi connectivity index (χ4n) is 4.27. The van der Waals surface area contributed by atoms with Crippen molar-refractivity contribution in [3.05, 3.63) is 29.8 Å². The largest absolute Gasteiger partial charge is 0.490 e. The average molecular weight is 243 g/mol. The highest BCUT2D eigenvalue weighted by atomic mass is 16.5. The third-order valence-corrected chi connectivity index (χ3v) is 5.27. The Morgan fingerprint density at radius 3 is 2.72 bits per heavy atom. The molecule has 1 heterocycles. The van der Waals surface area contributed by atoms with Crippen molar-refractivity contribution in [3.8, 4) is 5.75 Å². The zero-order valence-corrected chi connectivity index (χ0v) is 10.8. The summed E-state index contributed by atoms with van der Waals surface area (Å²) in [5.74, 6) is 3.09. The van der Waals surface area contributed by atoms with Crippen LogP contribution in [-0.2, 0) is 6.42 Å². The Kier molecular flexibility index (Phi) is 2.25. The molecular weight excluding hydrogens is 222 g/mol. The summed E-state index contributed by atoms with van der Waals surface area (Å²) in [5.41, 5.74) is 7.84. The second-order valence-corrected chi connectivity index (χ2v) is 6.62. The van der Waals surface area contributed by atoms with Crippen molar-refractivity contribution in [2.24, 2.45) is 23.0 Å². The molecule has 1 aromatic carbocycles. The number of fused-ring (bicyclic) bond motifs is 2. The first kappa shape index (κ1) is 10.9. The van der Waals surface area contributed by atoms with Gasteiger partial charge in [0.15, 0.2) is 0 Å². The van der Waals surface area contributed by atoms with Crippen LogP contribution in [0, 0.1) is 17.3 Å². The smallest absolute Gasteiger partial charge is 0.123 e. The molecule has 0 amide bonds. The van der Waals surface area contributed by atoms with E-state index >= 15 is 0 Å². The molecule has 0 radical (unpaired) electrons. The van der Waals surface area contributed by atoms with Crippen LogP contribution >= 0.6 is 0 Å². The van der Waals surface area contributed by atoms with Crippen LogP contribution < -0.4 is 10.5 Å². The summed E-state index contributed by atoms with van der Waals surface area (Å²) in [6.07, 6.45) is 6.77. The van der Waals surface area contributed by atoms with Crippen LogP contribution in [0.4, 0.5) is 0 Å². The van der Waals surface area contributed by atoms with Crippen LogP contribution in [0.1, 0.15) is 31.2 Å². The maximum absolute atomic E-state index is 6.09. The van der Waals surface area contributed by atoms with Crippen molar-refractivity contribution in [3.63, 3.8) is 0 Å². The van der Waals surface area contributed by atoms with Crippen LogP contribution in [0.25, 0.3) is 0 Å². The van der Waals surface area contributed by atoms with Gasteiger partial charge in [-0.2, -0.15) is 0 Å². The molecule has 4 rings (SSSR count). The van der Waals surface area contributed by atoms with Gasteiger partial charge in [-0.25, -0.2) is 0 Å². The Morgan fingerprint density at radius 1 is 1.22 bits per heavy atom. The van der Waals surface area contributed by atoms with E-state index in [-0.39, 0.29) is 0 Å². The molecule has 0 bridgehead atoms. The summed E-state index contributed by atoms with van der Waals surface area (Å²) >= 11 is 0. The maximum atomic E-state index is 6.09. The first-order chi connectivity index (χ1) is 8.78. The Hall–Kier alpha value is -1.02. The number of benzene rings is 1. The van der Waals surface area contributed by atoms with Gasteiger partial charge in [-0.05, 0) is 61.1 Å². The molecule has 3 aliphatic rings. The lowest BCUT2D eigenvalue weighted by molar-refractivity contribution is 0.132. The first-order valence-electron chi connectivity index (χ1n) is 7.23. The summed E-state index contributed by atoms with van der Waals surface area (Å²) in [6.45, 7) is 0.843. The fourth-order valence-corrected chi connectivity index (χ4v) is 4.27. The van der Waals surface area contributed by atoms with Crippen molar-refractivity contribution >= 4 is 0 Å². The number of rotatable bonds is 3. The van der Waals surface area contributed by atoms with Crippen LogP contribution in [0.15, 0.2) is 24.3 Å². The van der Waals surface area contributed by atoms with Crippen LogP contribution in [0.3, 0.4) is 0 Å². The molecule has 96 valence electrons. The molecule has 2 saturated carbocycles. The van der Waals surface area contributed by atoms with E-state index in [1.165, 1.54) is 24.8 Å². The van der Waals surface area contributed by atoms with Gasteiger partial charge in [0, 0.05) is 6.42 Å². The van der Waals surface area contributed by atoms with Crippen LogP contribution in [0.5, 0.6) is 5.75 Å². The van der Waals surface area contributed by atoms with Crippen molar-refractivity contribution < 1.29 is 4.74 Å². The molecule has 3 atom stereocenters. The van der Waals surface area contributed by atoms with Gasteiger partial charge in [0.05, 0.1) is 0 Å². The molecule has 2 heteroatoms. The Morgan fingerprint density at radius 2 is 2.00 bits per heavy atom. The van der Waals surface area contributed by atoms with Gasteiger partial charge < -0.3 is 10.5 Å². The van der Waals surface area contributed by atoms with E-state index in [9.17, 15) is 0 Å². The van der Waals surface area contributed by atoms with Crippen LogP contribution in [0.2, 0.25) is 0 Å². The van der Waals surface area contributed by atoms with E-state index in [0.29, 0.717) is 11.5 Å². The van der Waals surface area contributed by atoms with E-state index in [4.69, 9.17) is 10.5 Å². The van der Waals surface area contributed by atoms with Crippen molar-refractivity contribution in [2.45, 2.75) is 38.2 Å². The molecule has 3 unspecified atom stereocenters. The van der Waals surface area contributed by atoms with Gasteiger partial charge in [-0.1, -0.05) is 18.2 Å². The van der Waals surface area contributed by atoms with Gasteiger partial charge in [0.1, 0.15) is 11.9 Å². The molecular formula is C16H21NO. The van der Waals surface area contributed by atoms with Gasteiger partial charge in [-0.3, -0.25) is 0 Å². The first-order valence-corrected chi connectivity index (χ1v) is 7.23. The third kappa shape index (κ3) is 1.66. The number of para-hydroxylation sites is 1. The van der Waals surface area contributed by atoms with Crippen molar-refractivity contribution in [2.75, 3.05) is 6.54 Å². The number of ether oxygens (including phenoxy) is 1. The maximum Gasteiger partial charge on any atom is 0.123 e. The average Bonchev–Trinajstić information content (AvgIpc) is 2.85. The lowest BCUT2D eigenvalue weighted by atomic mass is 9.77. The van der Waals surface area contributed by atoms with Gasteiger partial charge >= 0.3 is 0 Å². The summed E-state index contributed by atoms with van der Waals surface area (Å²) < 4.78 is 6.09. The van der Waals surface area contributed by atoms with E-state index in [0.717, 1.165) is 37.0 Å². The molecule has 18 heavy (non-hydrogen) atoms. The lowest BCUT2D eigenvalue weighted by Crippen LogP contribution is -2.34. The predicted octanol–water partition coefficient (Wildman–Crippen LogP) is 2.76. The topological polar surface area (TPSA) is 35.2 Å². The SMILES string of the molecule is NCC1(CC2Cc3ccccc3O2)CC2CC2C1. The zero-order chi connectivity index (χ0) is 12.2. The van der Waals surface area contributed by atoms with E-state index in [2.05, 4.69) is 24.3 Å². The molecule has 0 aromatic heterocycles. The van der Waals surface area contributed by atoms with E-state index < -0.39 is 0 Å². The summed E-state index contributed by atoms with van der Waals surface area (Å²) in [7, 11) is 0. The monoisotopic (exact) mass is 243 g/mol. The van der Waals surface area contributed by atoms with Crippen LogP contribution in [-0.4, -0.2) is 12.6 Å². The Labute approximate surface area is 109 Å². The predicted molar refractivity (Wildman–Crippen MR) is 71.5 cm³/mol. The second kappa shape index (κ2) is 3.74. The Balaban J connectivity index is 1.47. The second-order valence-electron chi connectivity index (χ2n) is 6.62. The molecule has 0 spiro atoms. The highest BCUT2D eigenvalue weighted by Crippen LogP contribution is 2.61. The molecule has 2 nitrogen and oxygen atoms in total. The fraction of sp³-hybridized carbons (Fsp3) is 0.625. The summed E-state index contributed by atoms with van der Waals surface area (Å²) in [4.78, 5) is 0. The van der Waals surface area contributed by atoms with E-state index in [1.807, 2.05) is 0 Å². The molecule has 2 aliphatic carbocycles. The minimum atomic E-state index is 0.364. The third-order valence-electron chi connectivity index (χ3n) is 5.27. The van der Waals surface area contributed by atoms with Crippen molar-refractivity contribution in [1.29, 1.82) is 0 Å². The highest BCUT2D eigenvalue weighted by Gasteiger charge is 2.53. The van der Waals surface area contributed by atoms with Gasteiger partial charge in [0.2, 0.25) is 0 Å². The van der Waals surface area contributed by atoms with Gasteiger partial charge in [-0.15, -0.1) is 0 Å². The zero-order valence-electron chi connectivity index (χ0n) is 10.8. The quantitative estimate of drug-likeness (QED) is 0.886. The molecule has 2 N–H and O–H groups in total. The van der Waals surface area contributed by atoms with Crippen molar-refractivity contribution in [1.82, 2.24) is 0 Å².